The summed E-state index contributed by atoms with van der Waals surface area (Å²) in [6.07, 6.45) is 4.29. The van der Waals surface area contributed by atoms with Gasteiger partial charge in [-0.3, -0.25) is 0 Å². The van der Waals surface area contributed by atoms with E-state index in [0.717, 1.165) is 19.3 Å². The van der Waals surface area contributed by atoms with Crippen LogP contribution in [0.15, 0.2) is 11.8 Å². The van der Waals surface area contributed by atoms with Gasteiger partial charge in [-0.25, -0.2) is 4.79 Å². The Morgan fingerprint density at radius 3 is 2.67 bits per heavy atom. The van der Waals surface area contributed by atoms with Gasteiger partial charge in [0.1, 0.15) is 5.70 Å². The second-order valence-electron chi connectivity index (χ2n) is 2.36. The average Bonchev–Trinajstić information content (AvgIpc) is 2.04. The van der Waals surface area contributed by atoms with Crippen LogP contribution in [0.3, 0.4) is 0 Å². The van der Waals surface area contributed by atoms with Crippen LogP contribution in [0.25, 0.3) is 0 Å². The highest BCUT2D eigenvalue weighted by molar-refractivity contribution is 6.17. The third-order valence-corrected chi connectivity index (χ3v) is 1.70. The monoisotopic (exact) mass is 191 g/mol. The number of hydrogen-bond donors (Lipinski definition) is 2. The molecule has 2 N–H and O–H groups in total. The summed E-state index contributed by atoms with van der Waals surface area (Å²) in [5, 5.41) is 11.2. The van der Waals surface area contributed by atoms with E-state index in [1.54, 1.807) is 13.1 Å². The third-order valence-electron chi connectivity index (χ3n) is 1.44. The zero-order valence-electron chi connectivity index (χ0n) is 7.14. The van der Waals surface area contributed by atoms with Crippen LogP contribution in [-0.4, -0.2) is 24.0 Å². The van der Waals surface area contributed by atoms with E-state index in [0.29, 0.717) is 5.88 Å². The fourth-order valence-corrected chi connectivity index (χ4v) is 0.971. The molecule has 0 amide bonds. The Labute approximate surface area is 77.4 Å². The number of aliphatic carboxylic acids is 1. The predicted molar refractivity (Wildman–Crippen MR) is 49.3 cm³/mol. The molecule has 70 valence electrons. The number of nitrogens with one attached hydrogen (secondary N) is 1. The number of carboxylic acid groups (broad SMARTS) is 1. The fourth-order valence-electron chi connectivity index (χ4n) is 0.782. The fraction of sp³-hybridized carbons (Fsp3) is 0.625. The Kier molecular flexibility index (Phi) is 6.57. The molecule has 0 aromatic heterocycles. The molecule has 0 saturated heterocycles. The first-order valence-electron chi connectivity index (χ1n) is 3.89. The van der Waals surface area contributed by atoms with Crippen molar-refractivity contribution in [3.8, 4) is 0 Å². The van der Waals surface area contributed by atoms with Crippen LogP contribution in [0.5, 0.6) is 0 Å². The molecule has 0 heterocycles. The molecule has 0 saturated carbocycles. The largest absolute Gasteiger partial charge is 0.477 e. The van der Waals surface area contributed by atoms with E-state index in [9.17, 15) is 4.79 Å². The summed E-state index contributed by atoms with van der Waals surface area (Å²) in [6, 6.07) is 0. The van der Waals surface area contributed by atoms with E-state index in [2.05, 4.69) is 5.32 Å². The molecule has 0 rings (SSSR count). The standard InChI is InChI=1S/C8H14ClNO2/c1-10-7(8(11)12)5-3-2-4-6-9/h5,10H,2-4,6H2,1H3,(H,11,12)/b7-5-. The molecule has 0 spiro atoms. The lowest BCUT2D eigenvalue weighted by Gasteiger charge is -1.99. The second-order valence-corrected chi connectivity index (χ2v) is 2.74. The van der Waals surface area contributed by atoms with Gasteiger partial charge in [0.05, 0.1) is 0 Å². The van der Waals surface area contributed by atoms with Crippen molar-refractivity contribution in [2.24, 2.45) is 0 Å². The lowest BCUT2D eigenvalue weighted by atomic mass is 10.2. The minimum Gasteiger partial charge on any atom is -0.477 e. The molecule has 0 aliphatic heterocycles. The highest BCUT2D eigenvalue weighted by atomic mass is 35.5. The van der Waals surface area contributed by atoms with Crippen molar-refractivity contribution in [2.45, 2.75) is 19.3 Å². The van der Waals surface area contributed by atoms with E-state index in [4.69, 9.17) is 16.7 Å². The van der Waals surface area contributed by atoms with Gasteiger partial charge in [0.2, 0.25) is 0 Å². The zero-order chi connectivity index (χ0) is 9.40. The Morgan fingerprint density at radius 1 is 1.58 bits per heavy atom. The van der Waals surface area contributed by atoms with Crippen LogP contribution in [-0.2, 0) is 4.79 Å². The lowest BCUT2D eigenvalue weighted by Crippen LogP contribution is -2.15. The quantitative estimate of drug-likeness (QED) is 0.381. The predicted octanol–water partition coefficient (Wildman–Crippen LogP) is 1.58. The summed E-state index contributed by atoms with van der Waals surface area (Å²) in [5.74, 6) is -0.279. The Morgan fingerprint density at radius 2 is 2.25 bits per heavy atom. The van der Waals surface area contributed by atoms with Gasteiger partial charge in [-0.15, -0.1) is 11.6 Å². The molecular weight excluding hydrogens is 178 g/mol. The maximum Gasteiger partial charge on any atom is 0.351 e. The average molecular weight is 192 g/mol. The van der Waals surface area contributed by atoms with Gasteiger partial charge < -0.3 is 10.4 Å². The minimum absolute atomic E-state index is 0.254. The van der Waals surface area contributed by atoms with Crippen molar-refractivity contribution >= 4 is 17.6 Å². The Balaban J connectivity index is 3.71. The molecule has 0 atom stereocenters. The van der Waals surface area contributed by atoms with Gasteiger partial charge in [0, 0.05) is 12.9 Å². The van der Waals surface area contributed by atoms with E-state index >= 15 is 0 Å². The van der Waals surface area contributed by atoms with Crippen LogP contribution in [0.2, 0.25) is 0 Å². The molecule has 12 heavy (non-hydrogen) atoms. The number of halogens is 1. The first-order chi connectivity index (χ1) is 5.72. The third kappa shape index (κ3) is 5.02. The Hall–Kier alpha value is -0.700. The van der Waals surface area contributed by atoms with Crippen molar-refractivity contribution in [3.05, 3.63) is 11.8 Å². The highest BCUT2D eigenvalue weighted by Crippen LogP contribution is 2.00. The van der Waals surface area contributed by atoms with E-state index in [1.807, 2.05) is 0 Å². The molecule has 0 bridgehead atoms. The summed E-state index contributed by atoms with van der Waals surface area (Å²) in [7, 11) is 1.60. The maximum atomic E-state index is 10.4. The number of rotatable bonds is 6. The Bertz CT molecular complexity index is 168. The van der Waals surface area contributed by atoms with Crippen molar-refractivity contribution in [2.75, 3.05) is 12.9 Å². The highest BCUT2D eigenvalue weighted by Gasteiger charge is 2.01. The molecular formula is C8H14ClNO2. The van der Waals surface area contributed by atoms with Crippen LogP contribution in [0.4, 0.5) is 0 Å². The molecule has 0 unspecified atom stereocenters. The topological polar surface area (TPSA) is 49.3 Å². The number of carboxylic acids is 1. The summed E-state index contributed by atoms with van der Waals surface area (Å²) in [4.78, 5) is 10.4. The molecule has 3 nitrogen and oxygen atoms in total. The minimum atomic E-state index is -0.914. The molecule has 0 aromatic rings. The molecule has 0 fully saturated rings. The van der Waals surface area contributed by atoms with Crippen molar-refractivity contribution in [1.29, 1.82) is 0 Å². The summed E-state index contributed by atoms with van der Waals surface area (Å²) >= 11 is 5.46. The van der Waals surface area contributed by atoms with Crippen LogP contribution in [0, 0.1) is 0 Å². The van der Waals surface area contributed by atoms with E-state index in [-0.39, 0.29) is 5.70 Å². The van der Waals surface area contributed by atoms with Gasteiger partial charge in [0.25, 0.3) is 0 Å². The summed E-state index contributed by atoms with van der Waals surface area (Å²) in [6.45, 7) is 0. The van der Waals surface area contributed by atoms with Gasteiger partial charge in [0.15, 0.2) is 0 Å². The van der Waals surface area contributed by atoms with Crippen molar-refractivity contribution in [1.82, 2.24) is 5.32 Å². The molecule has 0 aliphatic rings. The van der Waals surface area contributed by atoms with Crippen molar-refractivity contribution in [3.63, 3.8) is 0 Å². The van der Waals surface area contributed by atoms with Crippen LogP contribution in [0.1, 0.15) is 19.3 Å². The number of unbranched alkanes of at least 4 members (excludes halogenated alkanes) is 2. The summed E-state index contributed by atoms with van der Waals surface area (Å²) < 4.78 is 0. The number of allylic oxidation sites excluding steroid dienone is 1. The molecule has 4 heteroatoms. The summed E-state index contributed by atoms with van der Waals surface area (Å²) in [5.41, 5.74) is 0.254. The molecule has 0 aliphatic carbocycles. The van der Waals surface area contributed by atoms with Crippen molar-refractivity contribution < 1.29 is 9.90 Å². The first kappa shape index (κ1) is 11.3. The number of carbonyl (C=O) groups is 1. The van der Waals surface area contributed by atoms with E-state index < -0.39 is 5.97 Å². The smallest absolute Gasteiger partial charge is 0.351 e. The zero-order valence-corrected chi connectivity index (χ0v) is 7.90. The lowest BCUT2D eigenvalue weighted by molar-refractivity contribution is -0.133. The van der Waals surface area contributed by atoms with Crippen LogP contribution < -0.4 is 5.32 Å². The SMILES string of the molecule is CN/C(=C\CCCCCl)C(=O)O. The molecule has 0 aromatic carbocycles. The van der Waals surface area contributed by atoms with E-state index in [1.165, 1.54) is 0 Å². The van der Waals surface area contributed by atoms with Gasteiger partial charge in [-0.05, 0) is 19.3 Å². The van der Waals surface area contributed by atoms with Gasteiger partial charge in [-0.1, -0.05) is 6.08 Å². The van der Waals surface area contributed by atoms with Gasteiger partial charge in [-0.2, -0.15) is 0 Å². The normalized spacial score (nSPS) is 11.3. The first-order valence-corrected chi connectivity index (χ1v) is 4.43. The number of hydrogen-bond acceptors (Lipinski definition) is 2. The number of likely N-dealkylation sites (N-methyl/N-ethyl adjacent to an activating group) is 1. The second kappa shape index (κ2) is 6.98. The molecule has 0 radical (unpaired) electrons. The number of alkyl halides is 1. The maximum absolute atomic E-state index is 10.4. The van der Waals surface area contributed by atoms with Gasteiger partial charge >= 0.3 is 5.97 Å². The van der Waals surface area contributed by atoms with Crippen LogP contribution >= 0.6 is 11.6 Å².